The number of hydrogen-bond acceptors (Lipinski definition) is 5. The topological polar surface area (TPSA) is 84.5 Å². The molecule has 3 amide bonds. The average molecular weight is 364 g/mol. The number of amides is 3. The molecule has 0 aliphatic carbocycles. The SMILES string of the molecule is CCc1cc(C(=O)OCC(=O)NC(=O)Nc2ccccc2F)sc1C. The predicted octanol–water partition coefficient (Wildman–Crippen LogP) is 3.26. The Kier molecular flexibility index (Phi) is 6.24. The summed E-state index contributed by atoms with van der Waals surface area (Å²) in [6.45, 7) is 3.27. The molecule has 25 heavy (non-hydrogen) atoms. The second-order valence-electron chi connectivity index (χ2n) is 5.10. The molecule has 0 unspecified atom stereocenters. The van der Waals surface area contributed by atoms with Crippen molar-refractivity contribution >= 4 is 34.9 Å². The summed E-state index contributed by atoms with van der Waals surface area (Å²) in [7, 11) is 0. The van der Waals surface area contributed by atoms with E-state index < -0.39 is 30.3 Å². The Morgan fingerprint density at radius 1 is 1.24 bits per heavy atom. The summed E-state index contributed by atoms with van der Waals surface area (Å²) in [5, 5.41) is 4.16. The Morgan fingerprint density at radius 2 is 1.96 bits per heavy atom. The highest BCUT2D eigenvalue weighted by molar-refractivity contribution is 7.14. The van der Waals surface area contributed by atoms with Crippen LogP contribution in [0.2, 0.25) is 0 Å². The van der Waals surface area contributed by atoms with E-state index in [2.05, 4.69) is 5.32 Å². The van der Waals surface area contributed by atoms with Crippen LogP contribution in [0.25, 0.3) is 0 Å². The maximum atomic E-state index is 13.4. The standard InChI is InChI=1S/C17H17FN2O4S/c1-3-11-8-14(25-10(11)2)16(22)24-9-15(21)20-17(23)19-13-7-5-4-6-12(13)18/h4-8H,3,9H2,1-2H3,(H2,19,20,21,23). The van der Waals surface area contributed by atoms with Gasteiger partial charge in [-0.2, -0.15) is 0 Å². The summed E-state index contributed by atoms with van der Waals surface area (Å²) < 4.78 is 18.3. The number of carbonyl (C=O) groups is 3. The van der Waals surface area contributed by atoms with Crippen LogP contribution in [0.1, 0.15) is 27.0 Å². The minimum Gasteiger partial charge on any atom is -0.451 e. The van der Waals surface area contributed by atoms with Crippen molar-refractivity contribution in [2.75, 3.05) is 11.9 Å². The minimum atomic E-state index is -0.911. The molecule has 1 heterocycles. The number of aryl methyl sites for hydroxylation is 2. The van der Waals surface area contributed by atoms with E-state index in [-0.39, 0.29) is 5.69 Å². The molecule has 0 saturated heterocycles. The number of anilines is 1. The number of urea groups is 1. The molecule has 0 bridgehead atoms. The zero-order valence-corrected chi connectivity index (χ0v) is 14.5. The number of hydrogen-bond donors (Lipinski definition) is 2. The van der Waals surface area contributed by atoms with Crippen molar-refractivity contribution in [2.45, 2.75) is 20.3 Å². The minimum absolute atomic E-state index is 0.0639. The van der Waals surface area contributed by atoms with Crippen molar-refractivity contribution in [1.82, 2.24) is 5.32 Å². The molecule has 6 nitrogen and oxygen atoms in total. The monoisotopic (exact) mass is 364 g/mol. The number of carbonyl (C=O) groups excluding carboxylic acids is 3. The maximum absolute atomic E-state index is 13.4. The highest BCUT2D eigenvalue weighted by Gasteiger charge is 2.16. The third-order valence-electron chi connectivity index (χ3n) is 3.31. The fraction of sp³-hybridized carbons (Fsp3) is 0.235. The van der Waals surface area contributed by atoms with E-state index in [0.29, 0.717) is 4.88 Å². The number of halogens is 1. The van der Waals surface area contributed by atoms with E-state index in [0.717, 1.165) is 16.9 Å². The molecule has 0 aliphatic heterocycles. The molecule has 0 atom stereocenters. The Hall–Kier alpha value is -2.74. The van der Waals surface area contributed by atoms with Gasteiger partial charge in [-0.15, -0.1) is 11.3 Å². The van der Waals surface area contributed by atoms with Crippen molar-refractivity contribution in [3.05, 3.63) is 51.5 Å². The molecule has 0 aliphatic rings. The first-order chi connectivity index (χ1) is 11.9. The van der Waals surface area contributed by atoms with Gasteiger partial charge < -0.3 is 10.1 Å². The van der Waals surface area contributed by atoms with Gasteiger partial charge in [0.1, 0.15) is 10.7 Å². The van der Waals surface area contributed by atoms with Crippen LogP contribution in [0.4, 0.5) is 14.9 Å². The smallest absolute Gasteiger partial charge is 0.348 e. The highest BCUT2D eigenvalue weighted by atomic mass is 32.1. The Balaban J connectivity index is 1.82. The first kappa shape index (κ1) is 18.6. The van der Waals surface area contributed by atoms with Crippen LogP contribution in [0, 0.1) is 12.7 Å². The lowest BCUT2D eigenvalue weighted by Crippen LogP contribution is -2.37. The second-order valence-corrected chi connectivity index (χ2v) is 6.36. The average Bonchev–Trinajstić information content (AvgIpc) is 2.95. The molecule has 0 saturated carbocycles. The first-order valence-electron chi connectivity index (χ1n) is 7.52. The van der Waals surface area contributed by atoms with Crippen molar-refractivity contribution in [3.8, 4) is 0 Å². The Morgan fingerprint density at radius 3 is 2.60 bits per heavy atom. The number of esters is 1. The van der Waals surface area contributed by atoms with Crippen molar-refractivity contribution in [2.24, 2.45) is 0 Å². The quantitative estimate of drug-likeness (QED) is 0.798. The molecule has 2 rings (SSSR count). The molecule has 0 radical (unpaired) electrons. The van der Waals surface area contributed by atoms with Crippen molar-refractivity contribution in [1.29, 1.82) is 0 Å². The van der Waals surface area contributed by atoms with Gasteiger partial charge in [0.05, 0.1) is 5.69 Å². The molecular weight excluding hydrogens is 347 g/mol. The van der Waals surface area contributed by atoms with Gasteiger partial charge in [-0.3, -0.25) is 10.1 Å². The van der Waals surface area contributed by atoms with Crippen molar-refractivity contribution < 1.29 is 23.5 Å². The number of para-hydroxylation sites is 1. The van der Waals surface area contributed by atoms with Crippen LogP contribution < -0.4 is 10.6 Å². The normalized spacial score (nSPS) is 10.2. The van der Waals surface area contributed by atoms with E-state index in [1.807, 2.05) is 19.2 Å². The lowest BCUT2D eigenvalue weighted by atomic mass is 10.2. The van der Waals surface area contributed by atoms with Crippen LogP contribution in [-0.2, 0) is 16.0 Å². The van der Waals surface area contributed by atoms with Gasteiger partial charge in [-0.25, -0.2) is 14.0 Å². The van der Waals surface area contributed by atoms with Crippen molar-refractivity contribution in [3.63, 3.8) is 0 Å². The number of benzene rings is 1. The van der Waals surface area contributed by atoms with Crippen LogP contribution in [0.5, 0.6) is 0 Å². The predicted molar refractivity (Wildman–Crippen MR) is 92.3 cm³/mol. The number of thiophene rings is 1. The second kappa shape index (κ2) is 8.39. The third-order valence-corrected chi connectivity index (χ3v) is 4.38. The number of rotatable bonds is 5. The molecule has 2 aromatic rings. The summed E-state index contributed by atoms with van der Waals surface area (Å²) >= 11 is 1.29. The fourth-order valence-corrected chi connectivity index (χ4v) is 3.06. The molecule has 2 N–H and O–H groups in total. The molecular formula is C17H17FN2O4S. The highest BCUT2D eigenvalue weighted by Crippen LogP contribution is 2.22. The third kappa shape index (κ3) is 5.12. The number of nitrogens with one attached hydrogen (secondary N) is 2. The van der Waals surface area contributed by atoms with Gasteiger partial charge in [0.25, 0.3) is 5.91 Å². The van der Waals surface area contributed by atoms with E-state index >= 15 is 0 Å². The van der Waals surface area contributed by atoms with E-state index in [4.69, 9.17) is 4.74 Å². The van der Waals surface area contributed by atoms with E-state index in [1.165, 1.54) is 35.6 Å². The van der Waals surface area contributed by atoms with Gasteiger partial charge in [0, 0.05) is 4.88 Å². The summed E-state index contributed by atoms with van der Waals surface area (Å²) in [6.07, 6.45) is 0.798. The van der Waals surface area contributed by atoms with Gasteiger partial charge >= 0.3 is 12.0 Å². The molecule has 8 heteroatoms. The summed E-state index contributed by atoms with van der Waals surface area (Å²) in [6, 6.07) is 6.35. The largest absolute Gasteiger partial charge is 0.451 e. The van der Waals surface area contributed by atoms with Crippen LogP contribution in [-0.4, -0.2) is 24.5 Å². The van der Waals surface area contributed by atoms with Crippen LogP contribution in [0.3, 0.4) is 0 Å². The molecule has 1 aromatic heterocycles. The summed E-state index contributed by atoms with van der Waals surface area (Å²) in [5.74, 6) is -2.07. The zero-order chi connectivity index (χ0) is 18.4. The van der Waals surface area contributed by atoms with Gasteiger partial charge in [0.15, 0.2) is 6.61 Å². The molecule has 0 spiro atoms. The lowest BCUT2D eigenvalue weighted by Gasteiger charge is -2.07. The van der Waals surface area contributed by atoms with E-state index in [9.17, 15) is 18.8 Å². The molecule has 1 aromatic carbocycles. The zero-order valence-electron chi connectivity index (χ0n) is 13.7. The Bertz CT molecular complexity index is 804. The lowest BCUT2D eigenvalue weighted by molar-refractivity contribution is -0.123. The Labute approximate surface area is 148 Å². The van der Waals surface area contributed by atoms with E-state index in [1.54, 1.807) is 6.07 Å². The van der Waals surface area contributed by atoms with Gasteiger partial charge in [-0.05, 0) is 37.1 Å². The van der Waals surface area contributed by atoms with Crippen LogP contribution >= 0.6 is 11.3 Å². The van der Waals surface area contributed by atoms with Crippen LogP contribution in [0.15, 0.2) is 30.3 Å². The molecule has 0 fully saturated rings. The fourth-order valence-electron chi connectivity index (χ4n) is 2.05. The molecule has 132 valence electrons. The maximum Gasteiger partial charge on any atom is 0.348 e. The first-order valence-corrected chi connectivity index (χ1v) is 8.34. The summed E-state index contributed by atoms with van der Waals surface area (Å²) in [4.78, 5) is 36.6. The number of ether oxygens (including phenoxy) is 1. The summed E-state index contributed by atoms with van der Waals surface area (Å²) in [5.41, 5.74) is 0.983. The number of imide groups is 1. The van der Waals surface area contributed by atoms with Gasteiger partial charge in [0.2, 0.25) is 0 Å². The van der Waals surface area contributed by atoms with Gasteiger partial charge in [-0.1, -0.05) is 19.1 Å².